The summed E-state index contributed by atoms with van der Waals surface area (Å²) in [5.41, 5.74) is 6.10. The molecule has 0 aliphatic rings. The van der Waals surface area contributed by atoms with E-state index in [2.05, 4.69) is 20.9 Å². The molecule has 0 unspecified atom stereocenters. The Labute approximate surface area is 124 Å². The van der Waals surface area contributed by atoms with Gasteiger partial charge < -0.3 is 5.73 Å². The molecule has 8 heteroatoms. The van der Waals surface area contributed by atoms with Crippen molar-refractivity contribution in [1.29, 1.82) is 0 Å². The minimum atomic E-state index is -4.05. The summed E-state index contributed by atoms with van der Waals surface area (Å²) >= 11 is 2.95. The van der Waals surface area contributed by atoms with Gasteiger partial charge in [0.25, 0.3) is 10.0 Å². The summed E-state index contributed by atoms with van der Waals surface area (Å²) in [6.45, 7) is 0. The number of benzene rings is 1. The standard InChI is InChI=1S/C12H11BrFN3O2S/c1-17(9-2-4-16-5-3-9)20(18,19)11-7-8(15)6-10(13)12(11)14/h2-7H,15H2,1H3. The van der Waals surface area contributed by atoms with E-state index in [1.165, 1.54) is 37.6 Å². The molecule has 0 amide bonds. The molecule has 106 valence electrons. The Kier molecular flexibility index (Phi) is 3.96. The Bertz CT molecular complexity index is 738. The molecule has 20 heavy (non-hydrogen) atoms. The lowest BCUT2D eigenvalue weighted by molar-refractivity contribution is 0.562. The predicted octanol–water partition coefficient (Wildman–Crippen LogP) is 2.39. The first-order chi connectivity index (χ1) is 9.34. The number of pyridine rings is 1. The van der Waals surface area contributed by atoms with Crippen LogP contribution in [-0.4, -0.2) is 20.4 Å². The van der Waals surface area contributed by atoms with E-state index in [0.29, 0.717) is 5.69 Å². The number of aromatic nitrogens is 1. The fourth-order valence-corrected chi connectivity index (χ4v) is 3.54. The maximum Gasteiger partial charge on any atom is 0.267 e. The third-order valence-electron chi connectivity index (χ3n) is 2.68. The van der Waals surface area contributed by atoms with Crippen molar-refractivity contribution < 1.29 is 12.8 Å². The van der Waals surface area contributed by atoms with E-state index in [-0.39, 0.29) is 10.2 Å². The molecule has 0 radical (unpaired) electrons. The summed E-state index contributed by atoms with van der Waals surface area (Å²) in [4.78, 5) is 3.32. The number of nitrogen functional groups attached to an aromatic ring is 1. The van der Waals surface area contributed by atoms with Crippen molar-refractivity contribution >= 4 is 37.3 Å². The Morgan fingerprint density at radius 3 is 2.50 bits per heavy atom. The molecule has 0 bridgehead atoms. The van der Waals surface area contributed by atoms with Crippen molar-refractivity contribution in [2.75, 3.05) is 17.1 Å². The molecule has 1 heterocycles. The third-order valence-corrected chi connectivity index (χ3v) is 5.04. The van der Waals surface area contributed by atoms with Gasteiger partial charge in [0.05, 0.1) is 10.2 Å². The van der Waals surface area contributed by atoms with Crippen LogP contribution < -0.4 is 10.0 Å². The molecule has 0 aliphatic carbocycles. The average molecular weight is 360 g/mol. The number of halogens is 2. The summed E-state index contributed by atoms with van der Waals surface area (Å²) < 4.78 is 39.9. The van der Waals surface area contributed by atoms with Crippen molar-refractivity contribution in [3.8, 4) is 0 Å². The summed E-state index contributed by atoms with van der Waals surface area (Å²) in [5, 5.41) is 0. The van der Waals surface area contributed by atoms with E-state index in [1.807, 2.05) is 0 Å². The highest BCUT2D eigenvalue weighted by Gasteiger charge is 2.26. The molecule has 5 nitrogen and oxygen atoms in total. The zero-order chi connectivity index (χ0) is 14.9. The molecule has 0 saturated heterocycles. The van der Waals surface area contributed by atoms with Crippen LogP contribution in [0, 0.1) is 5.82 Å². The number of nitrogens with zero attached hydrogens (tertiary/aromatic N) is 2. The minimum absolute atomic E-state index is 0.000738. The van der Waals surface area contributed by atoms with Gasteiger partial charge in [-0.1, -0.05) is 0 Å². The molecule has 1 aromatic heterocycles. The van der Waals surface area contributed by atoms with E-state index in [4.69, 9.17) is 5.73 Å². The first-order valence-corrected chi connectivity index (χ1v) is 7.71. The van der Waals surface area contributed by atoms with Crippen molar-refractivity contribution in [2.45, 2.75) is 4.90 Å². The van der Waals surface area contributed by atoms with Crippen molar-refractivity contribution in [2.24, 2.45) is 0 Å². The number of hydrogen-bond acceptors (Lipinski definition) is 4. The van der Waals surface area contributed by atoms with Crippen LogP contribution in [0.2, 0.25) is 0 Å². The van der Waals surface area contributed by atoms with E-state index >= 15 is 0 Å². The van der Waals surface area contributed by atoms with Crippen LogP contribution in [0.25, 0.3) is 0 Å². The van der Waals surface area contributed by atoms with Gasteiger partial charge in [0.2, 0.25) is 0 Å². The zero-order valence-electron chi connectivity index (χ0n) is 10.4. The molecular formula is C12H11BrFN3O2S. The van der Waals surface area contributed by atoms with E-state index in [0.717, 1.165) is 10.4 Å². The first-order valence-electron chi connectivity index (χ1n) is 5.47. The molecule has 0 spiro atoms. The monoisotopic (exact) mass is 359 g/mol. The van der Waals surface area contributed by atoms with Crippen LogP contribution in [0.3, 0.4) is 0 Å². The molecule has 0 aliphatic heterocycles. The highest BCUT2D eigenvalue weighted by Crippen LogP contribution is 2.29. The maximum atomic E-state index is 14.0. The molecule has 2 N–H and O–H groups in total. The second-order valence-corrected chi connectivity index (χ2v) is 6.78. The van der Waals surface area contributed by atoms with Gasteiger partial charge in [-0.05, 0) is 40.2 Å². The Hall–Kier alpha value is -1.67. The lowest BCUT2D eigenvalue weighted by atomic mass is 10.3. The fourth-order valence-electron chi connectivity index (χ4n) is 1.61. The van der Waals surface area contributed by atoms with Gasteiger partial charge in [0.15, 0.2) is 5.82 Å². The van der Waals surface area contributed by atoms with Gasteiger partial charge in [0.1, 0.15) is 4.90 Å². The van der Waals surface area contributed by atoms with E-state index in [1.54, 1.807) is 0 Å². The summed E-state index contributed by atoms with van der Waals surface area (Å²) in [5.74, 6) is -0.875. The van der Waals surface area contributed by atoms with Gasteiger partial charge in [-0.25, -0.2) is 12.8 Å². The Morgan fingerprint density at radius 2 is 1.90 bits per heavy atom. The highest BCUT2D eigenvalue weighted by molar-refractivity contribution is 9.10. The van der Waals surface area contributed by atoms with Crippen LogP contribution in [0.5, 0.6) is 0 Å². The van der Waals surface area contributed by atoms with Crippen molar-refractivity contribution in [1.82, 2.24) is 4.98 Å². The summed E-state index contributed by atoms with van der Waals surface area (Å²) in [6, 6.07) is 5.42. The lowest BCUT2D eigenvalue weighted by Gasteiger charge is -2.20. The number of nitrogens with two attached hydrogens (primary N) is 1. The van der Waals surface area contributed by atoms with Gasteiger partial charge >= 0.3 is 0 Å². The van der Waals surface area contributed by atoms with Gasteiger partial charge in [-0.2, -0.15) is 0 Å². The van der Waals surface area contributed by atoms with Gasteiger partial charge in [-0.3, -0.25) is 9.29 Å². The van der Waals surface area contributed by atoms with E-state index in [9.17, 15) is 12.8 Å². The molecule has 0 fully saturated rings. The highest BCUT2D eigenvalue weighted by atomic mass is 79.9. The molecule has 2 aromatic rings. The largest absolute Gasteiger partial charge is 0.399 e. The van der Waals surface area contributed by atoms with Crippen LogP contribution in [0.15, 0.2) is 46.0 Å². The summed E-state index contributed by atoms with van der Waals surface area (Å²) in [7, 11) is -2.71. The number of hydrogen-bond donors (Lipinski definition) is 1. The number of anilines is 2. The normalized spacial score (nSPS) is 11.3. The third kappa shape index (κ3) is 2.61. The Balaban J connectivity index is 2.57. The number of sulfonamides is 1. The molecular weight excluding hydrogens is 349 g/mol. The smallest absolute Gasteiger partial charge is 0.267 e. The van der Waals surface area contributed by atoms with E-state index < -0.39 is 20.7 Å². The van der Waals surface area contributed by atoms with Crippen LogP contribution >= 0.6 is 15.9 Å². The Morgan fingerprint density at radius 1 is 1.30 bits per heavy atom. The molecule has 0 saturated carbocycles. The predicted molar refractivity (Wildman–Crippen MR) is 78.3 cm³/mol. The topological polar surface area (TPSA) is 76.3 Å². The SMILES string of the molecule is CN(c1ccncc1)S(=O)(=O)c1cc(N)cc(Br)c1F. The van der Waals surface area contributed by atoms with Gasteiger partial charge in [0, 0.05) is 25.1 Å². The molecule has 1 aromatic carbocycles. The van der Waals surface area contributed by atoms with Crippen molar-refractivity contribution in [3.05, 3.63) is 46.9 Å². The van der Waals surface area contributed by atoms with Gasteiger partial charge in [-0.15, -0.1) is 0 Å². The van der Waals surface area contributed by atoms with Crippen LogP contribution in [0.4, 0.5) is 15.8 Å². The van der Waals surface area contributed by atoms with Crippen molar-refractivity contribution in [3.63, 3.8) is 0 Å². The first kappa shape index (κ1) is 14.7. The maximum absolute atomic E-state index is 14.0. The minimum Gasteiger partial charge on any atom is -0.399 e. The zero-order valence-corrected chi connectivity index (χ0v) is 12.8. The number of rotatable bonds is 3. The second kappa shape index (κ2) is 5.37. The quantitative estimate of drug-likeness (QED) is 0.853. The van der Waals surface area contributed by atoms with Crippen LogP contribution in [-0.2, 0) is 10.0 Å². The lowest BCUT2D eigenvalue weighted by Crippen LogP contribution is -2.27. The van der Waals surface area contributed by atoms with Crippen LogP contribution in [0.1, 0.15) is 0 Å². The molecule has 0 atom stereocenters. The molecule has 2 rings (SSSR count). The second-order valence-electron chi connectivity index (χ2n) is 3.99. The summed E-state index contributed by atoms with van der Waals surface area (Å²) in [6.07, 6.45) is 2.90. The average Bonchev–Trinajstić information content (AvgIpc) is 2.42. The fraction of sp³-hybridized carbons (Fsp3) is 0.0833.